The minimum absolute atomic E-state index is 0.170. The van der Waals surface area contributed by atoms with Crippen LogP contribution in [-0.4, -0.2) is 42.5 Å². The van der Waals surface area contributed by atoms with E-state index in [-0.39, 0.29) is 5.41 Å². The SMILES string of the molecule is COc1ccc(CN2CCC3(CCN(Cc4cccc(C)c4)C3=O)C2)cc1. The summed E-state index contributed by atoms with van der Waals surface area (Å²) in [6.45, 7) is 6.49. The molecule has 142 valence electrons. The maximum absolute atomic E-state index is 13.2. The molecule has 2 saturated heterocycles. The van der Waals surface area contributed by atoms with Gasteiger partial charge in [-0.25, -0.2) is 0 Å². The van der Waals surface area contributed by atoms with Gasteiger partial charge < -0.3 is 9.64 Å². The van der Waals surface area contributed by atoms with Crippen LogP contribution in [0.15, 0.2) is 48.5 Å². The minimum atomic E-state index is -0.170. The summed E-state index contributed by atoms with van der Waals surface area (Å²) in [5.74, 6) is 1.23. The van der Waals surface area contributed by atoms with Gasteiger partial charge in [-0.05, 0) is 49.6 Å². The van der Waals surface area contributed by atoms with Gasteiger partial charge in [0.1, 0.15) is 5.75 Å². The number of rotatable bonds is 5. The summed E-state index contributed by atoms with van der Waals surface area (Å²) in [4.78, 5) is 17.7. The Morgan fingerprint density at radius 1 is 1.00 bits per heavy atom. The van der Waals surface area contributed by atoms with E-state index in [9.17, 15) is 4.79 Å². The molecule has 2 fully saturated rings. The van der Waals surface area contributed by atoms with Crippen molar-refractivity contribution in [3.63, 3.8) is 0 Å². The Morgan fingerprint density at radius 3 is 2.52 bits per heavy atom. The first-order chi connectivity index (χ1) is 13.1. The third kappa shape index (κ3) is 3.72. The quantitative estimate of drug-likeness (QED) is 0.812. The lowest BCUT2D eigenvalue weighted by molar-refractivity contribution is -0.136. The van der Waals surface area contributed by atoms with Crippen molar-refractivity contribution < 1.29 is 9.53 Å². The standard InChI is InChI=1S/C23H28N2O2/c1-18-4-3-5-20(14-18)16-25-13-11-23(22(25)26)10-12-24(17-23)15-19-6-8-21(27-2)9-7-19/h3-9,14H,10-13,15-17H2,1-2H3. The highest BCUT2D eigenvalue weighted by atomic mass is 16.5. The normalized spacial score (nSPS) is 22.7. The first-order valence-electron chi connectivity index (χ1n) is 9.78. The van der Waals surface area contributed by atoms with Crippen LogP contribution in [0.5, 0.6) is 5.75 Å². The third-order valence-corrected chi connectivity index (χ3v) is 6.06. The number of nitrogens with zero attached hydrogens (tertiary/aromatic N) is 2. The molecule has 0 bridgehead atoms. The summed E-state index contributed by atoms with van der Waals surface area (Å²) in [5.41, 5.74) is 3.58. The molecule has 2 aromatic rings. The van der Waals surface area contributed by atoms with Gasteiger partial charge in [0.25, 0.3) is 0 Å². The van der Waals surface area contributed by atoms with Crippen molar-refractivity contribution in [2.24, 2.45) is 5.41 Å². The Bertz CT molecular complexity index is 817. The third-order valence-electron chi connectivity index (χ3n) is 6.06. The smallest absolute Gasteiger partial charge is 0.230 e. The maximum Gasteiger partial charge on any atom is 0.230 e. The molecule has 4 rings (SSSR count). The Balaban J connectivity index is 1.38. The molecule has 2 aliphatic heterocycles. The number of benzene rings is 2. The van der Waals surface area contributed by atoms with Crippen LogP contribution in [0.1, 0.15) is 29.5 Å². The van der Waals surface area contributed by atoms with E-state index in [4.69, 9.17) is 4.74 Å². The molecule has 1 atom stereocenters. The largest absolute Gasteiger partial charge is 0.497 e. The summed E-state index contributed by atoms with van der Waals surface area (Å²) in [6, 6.07) is 16.7. The molecule has 0 radical (unpaired) electrons. The zero-order chi connectivity index (χ0) is 18.9. The van der Waals surface area contributed by atoms with Gasteiger partial charge in [-0.2, -0.15) is 0 Å². The average molecular weight is 364 g/mol. The molecule has 0 saturated carbocycles. The molecule has 1 unspecified atom stereocenters. The van der Waals surface area contributed by atoms with Crippen LogP contribution in [0, 0.1) is 12.3 Å². The van der Waals surface area contributed by atoms with Gasteiger partial charge >= 0.3 is 0 Å². The number of methoxy groups -OCH3 is 1. The number of carbonyl (C=O) groups excluding carboxylic acids is 1. The number of hydrogen-bond acceptors (Lipinski definition) is 3. The van der Waals surface area contributed by atoms with Crippen LogP contribution in [0.2, 0.25) is 0 Å². The van der Waals surface area contributed by atoms with E-state index < -0.39 is 0 Å². The van der Waals surface area contributed by atoms with Crippen LogP contribution >= 0.6 is 0 Å². The van der Waals surface area contributed by atoms with Crippen molar-refractivity contribution >= 4 is 5.91 Å². The number of carbonyl (C=O) groups is 1. The van der Waals surface area contributed by atoms with Crippen molar-refractivity contribution in [2.45, 2.75) is 32.9 Å². The summed E-state index contributed by atoms with van der Waals surface area (Å²) in [6.07, 6.45) is 1.96. The topological polar surface area (TPSA) is 32.8 Å². The van der Waals surface area contributed by atoms with Crippen LogP contribution in [0.25, 0.3) is 0 Å². The van der Waals surface area contributed by atoms with Gasteiger partial charge in [-0.3, -0.25) is 9.69 Å². The maximum atomic E-state index is 13.2. The summed E-state index contributed by atoms with van der Waals surface area (Å²) in [5, 5.41) is 0. The van der Waals surface area contributed by atoms with Gasteiger partial charge in [-0.1, -0.05) is 42.0 Å². The predicted molar refractivity (Wildman–Crippen MR) is 107 cm³/mol. The zero-order valence-electron chi connectivity index (χ0n) is 16.3. The first kappa shape index (κ1) is 18.1. The second-order valence-corrected chi connectivity index (χ2v) is 8.05. The van der Waals surface area contributed by atoms with E-state index in [1.807, 2.05) is 12.1 Å². The molecular weight excluding hydrogens is 336 g/mol. The average Bonchev–Trinajstić information content (AvgIpc) is 3.21. The first-order valence-corrected chi connectivity index (χ1v) is 9.78. The lowest BCUT2D eigenvalue weighted by Gasteiger charge is -2.24. The van der Waals surface area contributed by atoms with Crippen molar-refractivity contribution in [2.75, 3.05) is 26.7 Å². The predicted octanol–water partition coefficient (Wildman–Crippen LogP) is 3.63. The van der Waals surface area contributed by atoms with E-state index in [0.717, 1.165) is 51.3 Å². The molecule has 2 aliphatic rings. The molecule has 2 aromatic carbocycles. The van der Waals surface area contributed by atoms with Crippen LogP contribution in [0.4, 0.5) is 0 Å². The van der Waals surface area contributed by atoms with Crippen LogP contribution < -0.4 is 4.74 Å². The molecule has 1 spiro atoms. The number of aryl methyl sites for hydroxylation is 1. The van der Waals surface area contributed by atoms with Gasteiger partial charge in [0.05, 0.1) is 12.5 Å². The van der Waals surface area contributed by atoms with Crippen molar-refractivity contribution in [1.82, 2.24) is 9.80 Å². The molecule has 0 aromatic heterocycles. The highest BCUT2D eigenvalue weighted by molar-refractivity contribution is 5.85. The summed E-state index contributed by atoms with van der Waals surface area (Å²) < 4.78 is 5.23. The second-order valence-electron chi connectivity index (χ2n) is 8.05. The fourth-order valence-corrected chi connectivity index (χ4v) is 4.54. The van der Waals surface area contributed by atoms with Gasteiger partial charge in [0.15, 0.2) is 0 Å². The molecule has 4 nitrogen and oxygen atoms in total. The number of likely N-dealkylation sites (tertiary alicyclic amines) is 2. The van der Waals surface area contributed by atoms with Crippen LogP contribution in [0.3, 0.4) is 0 Å². The minimum Gasteiger partial charge on any atom is -0.497 e. The lowest BCUT2D eigenvalue weighted by atomic mass is 9.85. The van der Waals surface area contributed by atoms with Crippen LogP contribution in [-0.2, 0) is 17.9 Å². The molecule has 1 amide bonds. The number of hydrogen-bond donors (Lipinski definition) is 0. The monoisotopic (exact) mass is 364 g/mol. The van der Waals surface area contributed by atoms with E-state index >= 15 is 0 Å². The Kier molecular flexibility index (Phi) is 4.92. The molecule has 27 heavy (non-hydrogen) atoms. The van der Waals surface area contributed by atoms with Gasteiger partial charge in [0, 0.05) is 26.2 Å². The van der Waals surface area contributed by atoms with Crippen molar-refractivity contribution in [1.29, 1.82) is 0 Å². The Labute approximate surface area is 161 Å². The molecule has 0 aliphatic carbocycles. The molecule has 0 N–H and O–H groups in total. The van der Waals surface area contributed by atoms with Crippen molar-refractivity contribution in [3.8, 4) is 5.75 Å². The summed E-state index contributed by atoms with van der Waals surface area (Å²) >= 11 is 0. The second kappa shape index (κ2) is 7.35. The number of ether oxygens (including phenoxy) is 1. The fourth-order valence-electron chi connectivity index (χ4n) is 4.54. The van der Waals surface area contributed by atoms with E-state index in [0.29, 0.717) is 5.91 Å². The Morgan fingerprint density at radius 2 is 1.78 bits per heavy atom. The summed E-state index contributed by atoms with van der Waals surface area (Å²) in [7, 11) is 1.69. The van der Waals surface area contributed by atoms with E-state index in [1.54, 1.807) is 7.11 Å². The molecule has 2 heterocycles. The Hall–Kier alpha value is -2.33. The highest BCUT2D eigenvalue weighted by Gasteiger charge is 2.50. The highest BCUT2D eigenvalue weighted by Crippen LogP contribution is 2.41. The zero-order valence-corrected chi connectivity index (χ0v) is 16.3. The van der Waals surface area contributed by atoms with Crippen molar-refractivity contribution in [3.05, 3.63) is 65.2 Å². The lowest BCUT2D eigenvalue weighted by Crippen LogP contribution is -2.36. The van der Waals surface area contributed by atoms with E-state index in [2.05, 4.69) is 53.1 Å². The fraction of sp³-hybridized carbons (Fsp3) is 0.435. The molecule has 4 heteroatoms. The number of amides is 1. The molecular formula is C23H28N2O2. The van der Waals surface area contributed by atoms with E-state index in [1.165, 1.54) is 16.7 Å². The van der Waals surface area contributed by atoms with Gasteiger partial charge in [-0.15, -0.1) is 0 Å². The van der Waals surface area contributed by atoms with Gasteiger partial charge in [0.2, 0.25) is 5.91 Å².